The molecule has 2 heterocycles. The van der Waals surface area contributed by atoms with E-state index in [1.54, 1.807) is 24.3 Å². The number of aromatic carboxylic acids is 1. The van der Waals surface area contributed by atoms with Crippen LogP contribution in [0.3, 0.4) is 0 Å². The second-order valence-electron chi connectivity index (χ2n) is 6.98. The number of nitrogens with one attached hydrogen (secondary N) is 1. The van der Waals surface area contributed by atoms with Crippen LogP contribution >= 0.6 is 11.6 Å². The van der Waals surface area contributed by atoms with Crippen LogP contribution in [0.4, 0.5) is 0 Å². The highest BCUT2D eigenvalue weighted by molar-refractivity contribution is 6.33. The maximum absolute atomic E-state index is 12.3. The molecule has 0 saturated heterocycles. The first-order valence-corrected chi connectivity index (χ1v) is 9.77. The highest BCUT2D eigenvalue weighted by Gasteiger charge is 2.15. The molecule has 2 aromatic heterocycles. The highest BCUT2D eigenvalue weighted by atomic mass is 35.5. The summed E-state index contributed by atoms with van der Waals surface area (Å²) in [7, 11) is 0. The Morgan fingerprint density at radius 2 is 1.90 bits per heavy atom. The van der Waals surface area contributed by atoms with Gasteiger partial charge < -0.3 is 14.1 Å². The van der Waals surface area contributed by atoms with Gasteiger partial charge in [0, 0.05) is 28.0 Å². The number of furan rings is 1. The van der Waals surface area contributed by atoms with Crippen molar-refractivity contribution in [2.24, 2.45) is 5.10 Å². The molecule has 0 fully saturated rings. The van der Waals surface area contributed by atoms with Gasteiger partial charge in [-0.3, -0.25) is 4.79 Å². The summed E-state index contributed by atoms with van der Waals surface area (Å²) in [5.74, 6) is -1.37. The molecule has 8 heteroatoms. The Hall–Kier alpha value is -3.84. The van der Waals surface area contributed by atoms with Gasteiger partial charge in [-0.05, 0) is 50.2 Å². The number of amides is 1. The normalized spacial score (nSPS) is 11.3. The zero-order valence-corrected chi connectivity index (χ0v) is 17.5. The molecule has 0 aliphatic heterocycles. The summed E-state index contributed by atoms with van der Waals surface area (Å²) in [6.07, 6.45) is 1.54. The summed E-state index contributed by atoms with van der Waals surface area (Å²) in [4.78, 5) is 23.7. The van der Waals surface area contributed by atoms with Crippen LogP contribution in [0.2, 0.25) is 5.02 Å². The summed E-state index contributed by atoms with van der Waals surface area (Å²) in [5, 5.41) is 14.4. The molecule has 0 bridgehead atoms. The van der Waals surface area contributed by atoms with Crippen molar-refractivity contribution in [3.63, 3.8) is 0 Å². The Bertz CT molecular complexity index is 1320. The van der Waals surface area contributed by atoms with Gasteiger partial charge in [0.15, 0.2) is 5.76 Å². The molecule has 4 rings (SSSR count). The third-order valence-corrected chi connectivity index (χ3v) is 5.26. The number of rotatable bonds is 5. The number of halogens is 1. The number of carboxylic acid groups (broad SMARTS) is 1. The lowest BCUT2D eigenvalue weighted by Crippen LogP contribution is -2.16. The highest BCUT2D eigenvalue weighted by Crippen LogP contribution is 2.24. The number of carbonyl (C=O) groups is 2. The van der Waals surface area contributed by atoms with Crippen molar-refractivity contribution in [3.05, 3.63) is 87.9 Å². The van der Waals surface area contributed by atoms with Gasteiger partial charge in [0.1, 0.15) is 5.58 Å². The molecular weight excluding hydrogens is 418 g/mol. The summed E-state index contributed by atoms with van der Waals surface area (Å²) in [6, 6.07) is 15.7. The minimum Gasteiger partial charge on any atom is -0.478 e. The van der Waals surface area contributed by atoms with Crippen LogP contribution in [0.15, 0.2) is 64.1 Å². The summed E-state index contributed by atoms with van der Waals surface area (Å²) in [5.41, 5.74) is 6.27. The van der Waals surface area contributed by atoms with Crippen molar-refractivity contribution in [1.29, 1.82) is 0 Å². The number of hydrogen-bond acceptors (Lipinski definition) is 4. The molecule has 0 aliphatic rings. The molecule has 0 unspecified atom stereocenters. The third-order valence-electron chi connectivity index (χ3n) is 4.93. The first-order valence-electron chi connectivity index (χ1n) is 9.39. The number of aromatic nitrogens is 1. The first-order chi connectivity index (χ1) is 14.8. The van der Waals surface area contributed by atoms with Gasteiger partial charge in [-0.2, -0.15) is 5.10 Å². The van der Waals surface area contributed by atoms with Crippen LogP contribution in [-0.2, 0) is 0 Å². The molecule has 2 N–H and O–H groups in total. The quantitative estimate of drug-likeness (QED) is 0.342. The van der Waals surface area contributed by atoms with Crippen LogP contribution in [0.5, 0.6) is 0 Å². The van der Waals surface area contributed by atoms with Crippen molar-refractivity contribution in [2.45, 2.75) is 13.8 Å². The van der Waals surface area contributed by atoms with Crippen molar-refractivity contribution < 1.29 is 19.1 Å². The van der Waals surface area contributed by atoms with Gasteiger partial charge in [-0.1, -0.05) is 29.8 Å². The fourth-order valence-electron chi connectivity index (χ4n) is 3.44. The van der Waals surface area contributed by atoms with Crippen LogP contribution in [-0.4, -0.2) is 27.8 Å². The molecule has 0 radical (unpaired) electrons. The number of benzene rings is 2. The van der Waals surface area contributed by atoms with E-state index < -0.39 is 11.9 Å². The number of hydrogen-bond donors (Lipinski definition) is 2. The number of carboxylic acids is 1. The predicted molar refractivity (Wildman–Crippen MR) is 118 cm³/mol. The van der Waals surface area contributed by atoms with E-state index in [4.69, 9.17) is 16.0 Å². The average Bonchev–Trinajstić information content (AvgIpc) is 3.29. The molecule has 156 valence electrons. The number of hydrazone groups is 1. The molecule has 1 amide bonds. The van der Waals surface area contributed by atoms with Gasteiger partial charge in [-0.25, -0.2) is 10.2 Å². The maximum Gasteiger partial charge on any atom is 0.337 e. The van der Waals surface area contributed by atoms with E-state index in [0.29, 0.717) is 11.3 Å². The van der Waals surface area contributed by atoms with Crippen LogP contribution in [0, 0.1) is 13.8 Å². The summed E-state index contributed by atoms with van der Waals surface area (Å²) < 4.78 is 7.42. The zero-order valence-electron chi connectivity index (χ0n) is 16.7. The van der Waals surface area contributed by atoms with Gasteiger partial charge in [0.25, 0.3) is 0 Å². The standard InChI is InChI=1S/C23H18ClN3O4/c1-13-9-16(14(2)27(13)17-7-8-19(24)18(11-17)23(29)30)12-25-26-22(28)21-10-15-5-3-4-6-20(15)31-21/h3-12H,1-2H3,(H,26,28)(H,29,30)/b25-12+. The largest absolute Gasteiger partial charge is 0.478 e. The van der Waals surface area contributed by atoms with Crippen molar-refractivity contribution in [2.75, 3.05) is 0 Å². The molecule has 31 heavy (non-hydrogen) atoms. The second-order valence-corrected chi connectivity index (χ2v) is 7.39. The number of fused-ring (bicyclic) bond motifs is 1. The van der Waals surface area contributed by atoms with Crippen molar-refractivity contribution in [1.82, 2.24) is 9.99 Å². The molecule has 0 saturated carbocycles. The smallest absolute Gasteiger partial charge is 0.337 e. The van der Waals surface area contributed by atoms with E-state index in [1.165, 1.54) is 12.3 Å². The number of carbonyl (C=O) groups excluding carboxylic acids is 1. The van der Waals surface area contributed by atoms with Crippen molar-refractivity contribution in [3.8, 4) is 5.69 Å². The summed E-state index contributed by atoms with van der Waals surface area (Å²) in [6.45, 7) is 3.77. The predicted octanol–water partition coefficient (Wildman–Crippen LogP) is 4.96. The minimum absolute atomic E-state index is 0.0278. The lowest BCUT2D eigenvalue weighted by atomic mass is 10.2. The van der Waals surface area contributed by atoms with E-state index in [9.17, 15) is 14.7 Å². The van der Waals surface area contributed by atoms with E-state index in [1.807, 2.05) is 42.7 Å². The monoisotopic (exact) mass is 435 g/mol. The van der Waals surface area contributed by atoms with E-state index >= 15 is 0 Å². The molecule has 2 aromatic carbocycles. The lowest BCUT2D eigenvalue weighted by molar-refractivity contribution is 0.0696. The van der Waals surface area contributed by atoms with E-state index in [2.05, 4.69) is 10.5 Å². The van der Waals surface area contributed by atoms with Crippen molar-refractivity contribution >= 4 is 40.7 Å². The van der Waals surface area contributed by atoms with Gasteiger partial charge in [0.05, 0.1) is 16.8 Å². The Kier molecular flexibility index (Phi) is 5.35. The Balaban J connectivity index is 1.56. The van der Waals surface area contributed by atoms with Crippen LogP contribution in [0.1, 0.15) is 37.9 Å². The first kappa shape index (κ1) is 20.4. The molecular formula is C23H18ClN3O4. The molecule has 0 atom stereocenters. The topological polar surface area (TPSA) is 96.8 Å². The molecule has 4 aromatic rings. The number of nitrogens with zero attached hydrogens (tertiary/aromatic N) is 2. The van der Waals surface area contributed by atoms with Gasteiger partial charge >= 0.3 is 11.9 Å². The Morgan fingerprint density at radius 1 is 1.13 bits per heavy atom. The molecule has 7 nitrogen and oxygen atoms in total. The zero-order chi connectivity index (χ0) is 22.1. The van der Waals surface area contributed by atoms with Crippen LogP contribution < -0.4 is 5.43 Å². The average molecular weight is 436 g/mol. The maximum atomic E-state index is 12.3. The fraction of sp³-hybridized carbons (Fsp3) is 0.0870. The Labute approximate surface area is 182 Å². The molecule has 0 aliphatic carbocycles. The lowest BCUT2D eigenvalue weighted by Gasteiger charge is -2.11. The SMILES string of the molecule is Cc1cc(/C=N/NC(=O)c2cc3ccccc3o2)c(C)n1-c1ccc(Cl)c(C(=O)O)c1. The van der Waals surface area contributed by atoms with Gasteiger partial charge in [0.2, 0.25) is 0 Å². The fourth-order valence-corrected chi connectivity index (χ4v) is 3.64. The number of para-hydroxylation sites is 1. The van der Waals surface area contributed by atoms with Gasteiger partial charge in [-0.15, -0.1) is 0 Å². The van der Waals surface area contributed by atoms with E-state index in [0.717, 1.165) is 22.3 Å². The third kappa shape index (κ3) is 3.95. The second kappa shape index (κ2) is 8.12. The summed E-state index contributed by atoms with van der Waals surface area (Å²) >= 11 is 5.98. The minimum atomic E-state index is -1.09. The van der Waals surface area contributed by atoms with Crippen LogP contribution in [0.25, 0.3) is 16.7 Å². The number of aryl methyl sites for hydroxylation is 1. The molecule has 0 spiro atoms. The Morgan fingerprint density at radius 3 is 2.65 bits per heavy atom. The van der Waals surface area contributed by atoms with E-state index in [-0.39, 0.29) is 16.3 Å².